The molecule has 0 aliphatic carbocycles. The minimum Gasteiger partial charge on any atom is -0.415 e. The van der Waals surface area contributed by atoms with Crippen molar-refractivity contribution in [1.29, 1.82) is 0 Å². The SMILES string of the molecule is Cc1cccc2nc3oc(=S)sc3nc12. The second kappa shape index (κ2) is 3.08. The number of aryl methyl sites for hydroxylation is 1. The van der Waals surface area contributed by atoms with Gasteiger partial charge in [-0.2, -0.15) is 0 Å². The second-order valence-corrected chi connectivity index (χ2v) is 4.82. The van der Waals surface area contributed by atoms with Gasteiger partial charge in [-0.1, -0.05) is 23.5 Å². The lowest BCUT2D eigenvalue weighted by Gasteiger charge is -1.98. The van der Waals surface area contributed by atoms with Crippen LogP contribution in [0.1, 0.15) is 5.56 Å². The molecule has 2 heterocycles. The van der Waals surface area contributed by atoms with E-state index in [4.69, 9.17) is 16.6 Å². The largest absolute Gasteiger partial charge is 0.415 e. The topological polar surface area (TPSA) is 38.9 Å². The van der Waals surface area contributed by atoms with Crippen LogP contribution >= 0.6 is 23.6 Å². The van der Waals surface area contributed by atoms with Crippen molar-refractivity contribution < 1.29 is 4.42 Å². The third-order valence-electron chi connectivity index (χ3n) is 2.19. The van der Waals surface area contributed by atoms with Crippen molar-refractivity contribution in [2.75, 3.05) is 0 Å². The number of fused-ring (bicyclic) bond motifs is 2. The van der Waals surface area contributed by atoms with E-state index in [1.54, 1.807) is 0 Å². The number of hydrogen-bond acceptors (Lipinski definition) is 5. The van der Waals surface area contributed by atoms with Gasteiger partial charge in [0.1, 0.15) is 0 Å². The Balaban J connectivity index is 2.57. The first-order valence-corrected chi connectivity index (χ1v) is 5.63. The van der Waals surface area contributed by atoms with Gasteiger partial charge in [-0.25, -0.2) is 9.97 Å². The van der Waals surface area contributed by atoms with Crippen molar-refractivity contribution in [2.45, 2.75) is 6.92 Å². The molecule has 0 saturated heterocycles. The van der Waals surface area contributed by atoms with Gasteiger partial charge in [0.05, 0.1) is 11.0 Å². The maximum Gasteiger partial charge on any atom is 0.258 e. The standard InChI is InChI=1S/C10H6N2OS2/c1-5-3-2-4-6-7(5)12-9-8(11-6)13-10(14)15-9/h2-4H,1H3. The minimum atomic E-state index is 0.470. The number of benzene rings is 1. The highest BCUT2D eigenvalue weighted by molar-refractivity contribution is 7.73. The van der Waals surface area contributed by atoms with Gasteiger partial charge in [-0.3, -0.25) is 0 Å². The molecule has 3 aromatic rings. The zero-order chi connectivity index (χ0) is 10.4. The molecule has 0 radical (unpaired) electrons. The molecule has 0 atom stereocenters. The maximum absolute atomic E-state index is 5.28. The van der Waals surface area contributed by atoms with E-state index in [0.717, 1.165) is 21.4 Å². The molecule has 0 N–H and O–H groups in total. The predicted octanol–water partition coefficient (Wildman–Crippen LogP) is 3.48. The molecule has 0 amide bonds. The molecule has 0 aliphatic rings. The first-order valence-electron chi connectivity index (χ1n) is 4.41. The normalized spacial score (nSPS) is 11.3. The van der Waals surface area contributed by atoms with E-state index in [1.165, 1.54) is 11.3 Å². The Morgan fingerprint density at radius 1 is 1.33 bits per heavy atom. The Hall–Kier alpha value is -1.33. The molecule has 3 rings (SSSR count). The number of nitrogens with zero attached hydrogens (tertiary/aromatic N) is 2. The molecule has 2 aromatic heterocycles. The van der Waals surface area contributed by atoms with Crippen molar-refractivity contribution in [3.63, 3.8) is 0 Å². The van der Waals surface area contributed by atoms with Crippen molar-refractivity contribution in [2.24, 2.45) is 0 Å². The summed E-state index contributed by atoms with van der Waals surface area (Å²) in [6, 6.07) is 5.90. The van der Waals surface area contributed by atoms with E-state index in [0.29, 0.717) is 9.73 Å². The van der Waals surface area contributed by atoms with Gasteiger partial charge < -0.3 is 4.42 Å². The fraction of sp³-hybridized carbons (Fsp3) is 0.100. The summed E-state index contributed by atoms with van der Waals surface area (Å²) in [6.45, 7) is 2.02. The lowest BCUT2D eigenvalue weighted by atomic mass is 10.2. The first-order chi connectivity index (χ1) is 7.24. The summed E-state index contributed by atoms with van der Waals surface area (Å²) >= 11 is 6.31. The fourth-order valence-corrected chi connectivity index (χ4v) is 2.40. The van der Waals surface area contributed by atoms with Gasteiger partial charge in [0.15, 0.2) is 4.83 Å². The van der Waals surface area contributed by atoms with Crippen LogP contribution in [0.3, 0.4) is 0 Å². The summed E-state index contributed by atoms with van der Waals surface area (Å²) < 4.78 is 5.75. The molecule has 74 valence electrons. The van der Waals surface area contributed by atoms with E-state index >= 15 is 0 Å². The van der Waals surface area contributed by atoms with Crippen LogP contribution in [0.25, 0.3) is 21.6 Å². The lowest BCUT2D eigenvalue weighted by molar-refractivity contribution is 0.597. The highest BCUT2D eigenvalue weighted by Gasteiger charge is 2.06. The van der Waals surface area contributed by atoms with Crippen LogP contribution in [0.4, 0.5) is 0 Å². The predicted molar refractivity (Wildman–Crippen MR) is 62.8 cm³/mol. The summed E-state index contributed by atoms with van der Waals surface area (Å²) in [7, 11) is 0. The van der Waals surface area contributed by atoms with Crippen LogP contribution in [0.2, 0.25) is 0 Å². The molecule has 0 saturated carbocycles. The maximum atomic E-state index is 5.28. The van der Waals surface area contributed by atoms with Crippen LogP contribution in [0, 0.1) is 10.9 Å². The number of para-hydroxylation sites is 1. The summed E-state index contributed by atoms with van der Waals surface area (Å²) in [5, 5.41) is 0. The highest BCUT2D eigenvalue weighted by Crippen LogP contribution is 2.23. The lowest BCUT2D eigenvalue weighted by Crippen LogP contribution is -1.86. The fourth-order valence-electron chi connectivity index (χ4n) is 1.50. The Morgan fingerprint density at radius 2 is 2.20 bits per heavy atom. The van der Waals surface area contributed by atoms with E-state index < -0.39 is 0 Å². The second-order valence-electron chi connectivity index (χ2n) is 3.23. The molecular weight excluding hydrogens is 228 g/mol. The smallest absolute Gasteiger partial charge is 0.258 e. The van der Waals surface area contributed by atoms with Crippen LogP contribution in [-0.2, 0) is 0 Å². The summed E-state index contributed by atoms with van der Waals surface area (Å²) in [5.41, 5.74) is 3.40. The van der Waals surface area contributed by atoms with E-state index in [2.05, 4.69) is 9.97 Å². The molecule has 0 bridgehead atoms. The van der Waals surface area contributed by atoms with Gasteiger partial charge >= 0.3 is 0 Å². The van der Waals surface area contributed by atoms with Crippen molar-refractivity contribution >= 4 is 45.1 Å². The zero-order valence-electron chi connectivity index (χ0n) is 7.85. The van der Waals surface area contributed by atoms with Crippen LogP contribution in [0.15, 0.2) is 22.6 Å². The Labute approximate surface area is 94.4 Å². The molecule has 5 heteroatoms. The van der Waals surface area contributed by atoms with Crippen LogP contribution in [0.5, 0.6) is 0 Å². The summed E-state index contributed by atoms with van der Waals surface area (Å²) in [6.07, 6.45) is 0. The number of aromatic nitrogens is 2. The van der Waals surface area contributed by atoms with E-state index in [1.807, 2.05) is 25.1 Å². The first kappa shape index (κ1) is 8.94. The van der Waals surface area contributed by atoms with Gasteiger partial charge in [-0.05, 0) is 30.8 Å². The molecule has 1 aromatic carbocycles. The minimum absolute atomic E-state index is 0.470. The highest BCUT2D eigenvalue weighted by atomic mass is 32.1. The molecule has 3 nitrogen and oxygen atoms in total. The Kier molecular flexibility index (Phi) is 1.83. The number of rotatable bonds is 0. The monoisotopic (exact) mass is 234 g/mol. The van der Waals surface area contributed by atoms with Crippen LogP contribution in [-0.4, -0.2) is 9.97 Å². The Morgan fingerprint density at radius 3 is 3.07 bits per heavy atom. The average Bonchev–Trinajstić information content (AvgIpc) is 2.55. The molecule has 0 spiro atoms. The molecular formula is C10H6N2OS2. The molecule has 0 unspecified atom stereocenters. The molecule has 0 fully saturated rings. The van der Waals surface area contributed by atoms with E-state index in [9.17, 15) is 0 Å². The van der Waals surface area contributed by atoms with Gasteiger partial charge in [0, 0.05) is 0 Å². The summed E-state index contributed by atoms with van der Waals surface area (Å²) in [4.78, 5) is 9.63. The summed E-state index contributed by atoms with van der Waals surface area (Å²) in [5.74, 6) is 0. The third kappa shape index (κ3) is 1.35. The molecule has 0 aliphatic heterocycles. The van der Waals surface area contributed by atoms with Crippen molar-refractivity contribution in [3.05, 3.63) is 27.8 Å². The van der Waals surface area contributed by atoms with Crippen molar-refractivity contribution in [3.8, 4) is 0 Å². The number of hydrogen-bond donors (Lipinski definition) is 0. The molecule has 15 heavy (non-hydrogen) atoms. The van der Waals surface area contributed by atoms with Crippen LogP contribution < -0.4 is 0 Å². The van der Waals surface area contributed by atoms with E-state index in [-0.39, 0.29) is 0 Å². The van der Waals surface area contributed by atoms with Gasteiger partial charge in [-0.15, -0.1) is 0 Å². The third-order valence-corrected chi connectivity index (χ3v) is 3.24. The van der Waals surface area contributed by atoms with Gasteiger partial charge in [0.25, 0.3) is 9.73 Å². The van der Waals surface area contributed by atoms with Gasteiger partial charge in [0.2, 0.25) is 0 Å². The zero-order valence-corrected chi connectivity index (χ0v) is 9.48. The average molecular weight is 234 g/mol. The quantitative estimate of drug-likeness (QED) is 0.558. The van der Waals surface area contributed by atoms with Crippen molar-refractivity contribution in [1.82, 2.24) is 9.97 Å². The Bertz CT molecular complexity index is 714.